The molecule has 0 aromatic rings. The Bertz CT molecular complexity index is 362. The Morgan fingerprint density at radius 2 is 1.45 bits per heavy atom. The van der Waals surface area contributed by atoms with Crippen LogP contribution in [0.3, 0.4) is 0 Å². The molecule has 0 saturated carbocycles. The topological polar surface area (TPSA) is 78.4 Å². The highest BCUT2D eigenvalue weighted by atomic mass is 16.4. The summed E-state index contributed by atoms with van der Waals surface area (Å²) >= 11 is 0. The van der Waals surface area contributed by atoms with Crippen LogP contribution in [-0.2, 0) is 4.79 Å². The molecular formula is C15H30N2O3. The number of amides is 2. The van der Waals surface area contributed by atoms with Gasteiger partial charge in [-0.15, -0.1) is 0 Å². The SMILES string of the molecule is CC(C)(C)CC(C)(C)NC(=O)NC(C(=O)O)C(C)(C)C. The molecule has 0 fully saturated rings. The molecule has 0 radical (unpaired) electrons. The number of carboxylic acid groups (broad SMARTS) is 1. The van der Waals surface area contributed by atoms with Crippen LogP contribution in [0.4, 0.5) is 4.79 Å². The molecule has 0 rings (SSSR count). The molecule has 20 heavy (non-hydrogen) atoms. The number of rotatable bonds is 4. The summed E-state index contributed by atoms with van der Waals surface area (Å²) in [5, 5.41) is 14.6. The molecule has 0 aromatic heterocycles. The zero-order chi connectivity index (χ0) is 16.4. The van der Waals surface area contributed by atoms with Crippen molar-refractivity contribution < 1.29 is 14.7 Å². The van der Waals surface area contributed by atoms with Gasteiger partial charge in [0.15, 0.2) is 0 Å². The van der Waals surface area contributed by atoms with Gasteiger partial charge >= 0.3 is 12.0 Å². The van der Waals surface area contributed by atoms with Gasteiger partial charge in [-0.3, -0.25) is 0 Å². The maximum Gasteiger partial charge on any atom is 0.326 e. The average molecular weight is 286 g/mol. The maximum absolute atomic E-state index is 12.0. The van der Waals surface area contributed by atoms with Gasteiger partial charge in [-0.05, 0) is 31.1 Å². The number of hydrogen-bond donors (Lipinski definition) is 3. The van der Waals surface area contributed by atoms with Crippen LogP contribution in [0.25, 0.3) is 0 Å². The molecule has 3 N–H and O–H groups in total. The lowest BCUT2D eigenvalue weighted by Crippen LogP contribution is -2.56. The molecule has 118 valence electrons. The normalized spacial score (nSPS) is 14.6. The van der Waals surface area contributed by atoms with Crippen LogP contribution in [0.5, 0.6) is 0 Å². The van der Waals surface area contributed by atoms with Gasteiger partial charge in [-0.2, -0.15) is 0 Å². The molecule has 1 atom stereocenters. The second-order valence-electron chi connectivity index (χ2n) is 8.36. The minimum absolute atomic E-state index is 0.0764. The van der Waals surface area contributed by atoms with Crippen LogP contribution in [0.1, 0.15) is 61.8 Å². The predicted molar refractivity (Wildman–Crippen MR) is 80.7 cm³/mol. The molecule has 0 aliphatic carbocycles. The van der Waals surface area contributed by atoms with E-state index in [2.05, 4.69) is 31.4 Å². The Morgan fingerprint density at radius 1 is 1.00 bits per heavy atom. The van der Waals surface area contributed by atoms with Gasteiger partial charge < -0.3 is 15.7 Å². The van der Waals surface area contributed by atoms with Crippen LogP contribution < -0.4 is 10.6 Å². The van der Waals surface area contributed by atoms with E-state index in [-0.39, 0.29) is 5.41 Å². The Balaban J connectivity index is 4.74. The van der Waals surface area contributed by atoms with E-state index in [0.29, 0.717) is 0 Å². The molecule has 0 saturated heterocycles. The standard InChI is InChI=1S/C15H30N2O3/c1-13(2,3)9-15(7,8)17-12(20)16-10(11(18)19)14(4,5)6/h10H,9H2,1-8H3,(H,18,19)(H2,16,17,20). The zero-order valence-corrected chi connectivity index (χ0v) is 14.0. The third kappa shape index (κ3) is 7.36. The fourth-order valence-corrected chi connectivity index (χ4v) is 2.49. The van der Waals surface area contributed by atoms with Crippen molar-refractivity contribution in [3.63, 3.8) is 0 Å². The van der Waals surface area contributed by atoms with Crippen molar-refractivity contribution >= 4 is 12.0 Å². The van der Waals surface area contributed by atoms with Gasteiger partial charge in [0, 0.05) is 5.54 Å². The molecule has 1 unspecified atom stereocenters. The predicted octanol–water partition coefficient (Wildman–Crippen LogP) is 3.00. The van der Waals surface area contributed by atoms with Gasteiger partial charge in [0.05, 0.1) is 0 Å². The van der Waals surface area contributed by atoms with Gasteiger partial charge in [-0.1, -0.05) is 41.5 Å². The Kier molecular flexibility index (Phi) is 5.64. The van der Waals surface area contributed by atoms with Gasteiger partial charge in [-0.25, -0.2) is 9.59 Å². The third-order valence-electron chi connectivity index (χ3n) is 2.81. The molecule has 0 bridgehead atoms. The number of aliphatic carboxylic acids is 1. The number of carboxylic acids is 1. The maximum atomic E-state index is 12.0. The van der Waals surface area contributed by atoms with E-state index in [4.69, 9.17) is 0 Å². The number of carbonyl (C=O) groups is 2. The molecule has 0 aromatic carbocycles. The first-order valence-corrected chi connectivity index (χ1v) is 6.95. The van der Waals surface area contributed by atoms with Crippen molar-refractivity contribution in [3.05, 3.63) is 0 Å². The summed E-state index contributed by atoms with van der Waals surface area (Å²) in [5.41, 5.74) is -0.867. The number of carbonyl (C=O) groups excluding carboxylic acids is 1. The molecule has 5 nitrogen and oxygen atoms in total. The van der Waals surface area contributed by atoms with Gasteiger partial charge in [0.25, 0.3) is 0 Å². The van der Waals surface area contributed by atoms with Crippen molar-refractivity contribution in [2.75, 3.05) is 0 Å². The summed E-state index contributed by atoms with van der Waals surface area (Å²) in [4.78, 5) is 23.3. The number of hydrogen-bond acceptors (Lipinski definition) is 2. The second kappa shape index (κ2) is 6.02. The molecule has 0 aliphatic rings. The Hall–Kier alpha value is -1.26. The summed E-state index contributed by atoms with van der Waals surface area (Å²) < 4.78 is 0. The van der Waals surface area contributed by atoms with Crippen LogP contribution >= 0.6 is 0 Å². The molecule has 2 amide bonds. The van der Waals surface area contributed by atoms with Crippen LogP contribution in [0.2, 0.25) is 0 Å². The highest BCUT2D eigenvalue weighted by Gasteiger charge is 2.34. The Morgan fingerprint density at radius 3 is 1.75 bits per heavy atom. The lowest BCUT2D eigenvalue weighted by atomic mass is 9.82. The lowest BCUT2D eigenvalue weighted by Gasteiger charge is -2.35. The van der Waals surface area contributed by atoms with Crippen molar-refractivity contribution in [1.82, 2.24) is 10.6 Å². The van der Waals surface area contributed by atoms with E-state index in [1.807, 2.05) is 13.8 Å². The van der Waals surface area contributed by atoms with Crippen LogP contribution in [0.15, 0.2) is 0 Å². The minimum Gasteiger partial charge on any atom is -0.480 e. The summed E-state index contributed by atoms with van der Waals surface area (Å²) in [6.07, 6.45) is 0.792. The zero-order valence-electron chi connectivity index (χ0n) is 14.0. The van der Waals surface area contributed by atoms with Crippen molar-refractivity contribution in [1.29, 1.82) is 0 Å². The monoisotopic (exact) mass is 286 g/mol. The molecule has 0 aliphatic heterocycles. The highest BCUT2D eigenvalue weighted by Crippen LogP contribution is 2.27. The minimum atomic E-state index is -1.03. The summed E-state index contributed by atoms with van der Waals surface area (Å²) in [6.45, 7) is 15.5. The number of nitrogens with one attached hydrogen (secondary N) is 2. The van der Waals surface area contributed by atoms with Crippen LogP contribution in [-0.4, -0.2) is 28.7 Å². The van der Waals surface area contributed by atoms with Crippen molar-refractivity contribution in [2.45, 2.75) is 73.4 Å². The summed E-state index contributed by atoms with van der Waals surface area (Å²) in [5.74, 6) is -1.03. The van der Waals surface area contributed by atoms with Gasteiger partial charge in [0.2, 0.25) is 0 Å². The van der Waals surface area contributed by atoms with Crippen molar-refractivity contribution in [3.8, 4) is 0 Å². The first-order chi connectivity index (χ1) is 8.64. The molecule has 5 heteroatoms. The van der Waals surface area contributed by atoms with Crippen LogP contribution in [0, 0.1) is 10.8 Å². The van der Waals surface area contributed by atoms with E-state index in [1.165, 1.54) is 0 Å². The summed E-state index contributed by atoms with van der Waals surface area (Å²) in [6, 6.07) is -1.37. The quantitative estimate of drug-likeness (QED) is 0.743. The largest absolute Gasteiger partial charge is 0.480 e. The summed E-state index contributed by atoms with van der Waals surface area (Å²) in [7, 11) is 0. The van der Waals surface area contributed by atoms with E-state index in [9.17, 15) is 14.7 Å². The second-order valence-corrected chi connectivity index (χ2v) is 8.36. The Labute approximate surface area is 122 Å². The lowest BCUT2D eigenvalue weighted by molar-refractivity contribution is -0.141. The first-order valence-electron chi connectivity index (χ1n) is 6.95. The fourth-order valence-electron chi connectivity index (χ4n) is 2.49. The number of urea groups is 1. The van der Waals surface area contributed by atoms with Crippen molar-refractivity contribution in [2.24, 2.45) is 10.8 Å². The van der Waals surface area contributed by atoms with E-state index < -0.39 is 29.0 Å². The van der Waals surface area contributed by atoms with E-state index >= 15 is 0 Å². The first kappa shape index (κ1) is 18.7. The van der Waals surface area contributed by atoms with E-state index in [1.54, 1.807) is 20.8 Å². The van der Waals surface area contributed by atoms with Gasteiger partial charge in [0.1, 0.15) is 6.04 Å². The molecule has 0 heterocycles. The smallest absolute Gasteiger partial charge is 0.326 e. The highest BCUT2D eigenvalue weighted by molar-refractivity contribution is 5.83. The van der Waals surface area contributed by atoms with E-state index in [0.717, 1.165) is 6.42 Å². The third-order valence-corrected chi connectivity index (χ3v) is 2.81. The fraction of sp³-hybridized carbons (Fsp3) is 0.867. The average Bonchev–Trinajstić information content (AvgIpc) is 2.06. The molecular weight excluding hydrogens is 256 g/mol. The molecule has 0 spiro atoms.